The van der Waals surface area contributed by atoms with E-state index in [9.17, 15) is 18.0 Å². The second-order valence-electron chi connectivity index (χ2n) is 8.14. The summed E-state index contributed by atoms with van der Waals surface area (Å²) in [5.41, 5.74) is 3.40. The molecule has 2 amide bonds. The number of alkyl halides is 3. The summed E-state index contributed by atoms with van der Waals surface area (Å²) in [7, 11) is 1.63. The van der Waals surface area contributed by atoms with Crippen molar-refractivity contribution in [1.29, 1.82) is 0 Å². The molecule has 9 nitrogen and oxygen atoms in total. The summed E-state index contributed by atoms with van der Waals surface area (Å²) >= 11 is 1.48. The van der Waals surface area contributed by atoms with Crippen LogP contribution in [-0.4, -0.2) is 56.1 Å². The van der Waals surface area contributed by atoms with Gasteiger partial charge in [-0.2, -0.15) is 5.10 Å². The van der Waals surface area contributed by atoms with Gasteiger partial charge >= 0.3 is 12.4 Å². The minimum atomic E-state index is -4.82. The second-order valence-corrected chi connectivity index (χ2v) is 9.10. The first-order valence-electron chi connectivity index (χ1n) is 11.8. The largest absolute Gasteiger partial charge is 0.573 e. The molecular weight excluding hydrogens is 535 g/mol. The SMILES string of the molecule is COCCOCCNSc1cc(-c2ccc(NC(=O)Nc3cccc(OC(F)(F)F)c3)cc2)c2cn[nH]c2c1. The minimum Gasteiger partial charge on any atom is -0.406 e. The van der Waals surface area contributed by atoms with Gasteiger partial charge in [0.05, 0.1) is 31.5 Å². The van der Waals surface area contributed by atoms with Crippen LogP contribution in [0.3, 0.4) is 0 Å². The van der Waals surface area contributed by atoms with Crippen molar-refractivity contribution >= 4 is 40.3 Å². The van der Waals surface area contributed by atoms with Gasteiger partial charge in [-0.05, 0) is 59.5 Å². The average Bonchev–Trinajstić information content (AvgIpc) is 3.36. The molecule has 0 unspecified atom stereocenters. The average molecular weight is 562 g/mol. The Kier molecular flexibility index (Phi) is 9.65. The lowest BCUT2D eigenvalue weighted by Crippen LogP contribution is -2.20. The highest BCUT2D eigenvalue weighted by molar-refractivity contribution is 7.97. The molecule has 0 aliphatic rings. The lowest BCUT2D eigenvalue weighted by molar-refractivity contribution is -0.274. The molecule has 1 heterocycles. The number of ether oxygens (including phenoxy) is 3. The summed E-state index contributed by atoms with van der Waals surface area (Å²) < 4.78 is 54.9. The molecule has 39 heavy (non-hydrogen) atoms. The minimum absolute atomic E-state index is 0.151. The highest BCUT2D eigenvalue weighted by Gasteiger charge is 2.31. The second kappa shape index (κ2) is 13.3. The number of rotatable bonds is 12. The zero-order valence-electron chi connectivity index (χ0n) is 20.8. The number of H-pyrrole nitrogens is 1. The molecule has 0 aliphatic heterocycles. The number of benzene rings is 3. The topological polar surface area (TPSA) is 110 Å². The third-order valence-corrected chi connectivity index (χ3v) is 6.10. The molecule has 0 atom stereocenters. The molecule has 3 aromatic carbocycles. The zero-order chi connectivity index (χ0) is 27.7. The maximum absolute atomic E-state index is 12.4. The first-order chi connectivity index (χ1) is 18.8. The van der Waals surface area contributed by atoms with Crippen molar-refractivity contribution < 1.29 is 32.2 Å². The normalized spacial score (nSPS) is 11.5. The van der Waals surface area contributed by atoms with Crippen LogP contribution in [0.2, 0.25) is 0 Å². The summed E-state index contributed by atoms with van der Waals surface area (Å²) in [6.45, 7) is 2.32. The summed E-state index contributed by atoms with van der Waals surface area (Å²) in [6.07, 6.45) is -3.06. The maximum atomic E-state index is 12.4. The molecule has 206 valence electrons. The van der Waals surface area contributed by atoms with Gasteiger partial charge in [-0.3, -0.25) is 9.82 Å². The van der Waals surface area contributed by atoms with Gasteiger partial charge in [0.25, 0.3) is 0 Å². The van der Waals surface area contributed by atoms with Gasteiger partial charge in [-0.25, -0.2) is 4.79 Å². The lowest BCUT2D eigenvalue weighted by atomic mass is 10.0. The van der Waals surface area contributed by atoms with Crippen molar-refractivity contribution in [3.05, 3.63) is 66.9 Å². The molecule has 0 radical (unpaired) electrons. The molecule has 13 heteroatoms. The van der Waals surface area contributed by atoms with E-state index in [4.69, 9.17) is 9.47 Å². The smallest absolute Gasteiger partial charge is 0.406 e. The zero-order valence-corrected chi connectivity index (χ0v) is 21.6. The molecule has 4 rings (SSSR count). The Bertz CT molecular complexity index is 1380. The van der Waals surface area contributed by atoms with E-state index in [0.717, 1.165) is 39.1 Å². The van der Waals surface area contributed by atoms with Crippen LogP contribution in [0.25, 0.3) is 22.0 Å². The van der Waals surface area contributed by atoms with E-state index in [1.807, 2.05) is 24.3 Å². The Balaban J connectivity index is 1.38. The van der Waals surface area contributed by atoms with Gasteiger partial charge in [0.15, 0.2) is 0 Å². The number of anilines is 2. The fraction of sp³-hybridized carbons (Fsp3) is 0.231. The number of nitrogens with zero attached hydrogens (tertiary/aromatic N) is 1. The molecule has 0 saturated heterocycles. The van der Waals surface area contributed by atoms with Crippen molar-refractivity contribution in [3.8, 4) is 16.9 Å². The predicted octanol–water partition coefficient (Wildman–Crippen LogP) is 6.03. The molecule has 4 aromatic rings. The van der Waals surface area contributed by atoms with E-state index >= 15 is 0 Å². The number of aromatic amines is 1. The Morgan fingerprint density at radius 1 is 1.00 bits per heavy atom. The number of fused-ring (bicyclic) bond motifs is 1. The third-order valence-electron chi connectivity index (χ3n) is 5.28. The van der Waals surface area contributed by atoms with E-state index in [0.29, 0.717) is 32.1 Å². The standard InChI is InChI=1S/C26H26F3N5O4S/c1-36-11-12-37-10-9-31-39-21-14-22(23-16-30-34-24(23)15-21)17-5-7-18(8-6-17)32-25(35)33-19-3-2-4-20(13-19)38-26(27,28)29/h2-8,13-16,31H,9-12H2,1H3,(H,30,34)(H2,32,33,35). The molecule has 4 N–H and O–H groups in total. The quantitative estimate of drug-likeness (QED) is 0.123. The number of hydrogen-bond acceptors (Lipinski definition) is 7. The number of methoxy groups -OCH3 is 1. The van der Waals surface area contributed by atoms with E-state index in [-0.39, 0.29) is 5.69 Å². The first kappa shape index (κ1) is 28.2. The van der Waals surface area contributed by atoms with Crippen LogP contribution < -0.4 is 20.1 Å². The Hall–Kier alpha value is -3.78. The fourth-order valence-corrected chi connectivity index (χ4v) is 4.32. The molecule has 0 saturated carbocycles. The van der Waals surface area contributed by atoms with E-state index in [2.05, 4.69) is 30.3 Å². The fourth-order valence-electron chi connectivity index (χ4n) is 3.61. The maximum Gasteiger partial charge on any atom is 0.573 e. The van der Waals surface area contributed by atoms with Crippen LogP contribution in [0.4, 0.5) is 29.3 Å². The van der Waals surface area contributed by atoms with Gasteiger partial charge in [0.2, 0.25) is 0 Å². The van der Waals surface area contributed by atoms with Gasteiger partial charge in [0, 0.05) is 41.4 Å². The molecule has 0 fully saturated rings. The predicted molar refractivity (Wildman–Crippen MR) is 144 cm³/mol. The number of carbonyl (C=O) groups excluding carboxylic acids is 1. The Morgan fingerprint density at radius 2 is 1.79 bits per heavy atom. The highest BCUT2D eigenvalue weighted by Crippen LogP contribution is 2.33. The number of halogens is 3. The van der Waals surface area contributed by atoms with Gasteiger partial charge < -0.3 is 24.8 Å². The molecule has 0 spiro atoms. The first-order valence-corrected chi connectivity index (χ1v) is 12.6. The number of hydrogen-bond donors (Lipinski definition) is 4. The summed E-state index contributed by atoms with van der Waals surface area (Å²) in [5.74, 6) is -0.429. The van der Waals surface area contributed by atoms with Gasteiger partial charge in [-0.15, -0.1) is 13.2 Å². The number of nitrogens with one attached hydrogen (secondary N) is 4. The molecule has 0 aliphatic carbocycles. The lowest BCUT2D eigenvalue weighted by Gasteiger charge is -2.12. The Labute approximate surface area is 226 Å². The number of aromatic nitrogens is 2. The third kappa shape index (κ3) is 8.61. The van der Waals surface area contributed by atoms with E-state index in [1.165, 1.54) is 24.1 Å². The number of urea groups is 1. The summed E-state index contributed by atoms with van der Waals surface area (Å²) in [5, 5.41) is 13.3. The number of amides is 2. The van der Waals surface area contributed by atoms with Crippen LogP contribution in [-0.2, 0) is 9.47 Å². The highest BCUT2D eigenvalue weighted by atomic mass is 32.2. The van der Waals surface area contributed by atoms with Crippen molar-refractivity contribution in [3.63, 3.8) is 0 Å². The van der Waals surface area contributed by atoms with Crippen molar-refractivity contribution in [2.45, 2.75) is 11.3 Å². The number of carbonyl (C=O) groups is 1. The monoisotopic (exact) mass is 561 g/mol. The van der Waals surface area contributed by atoms with Crippen molar-refractivity contribution in [2.24, 2.45) is 0 Å². The van der Waals surface area contributed by atoms with Crippen LogP contribution in [0.15, 0.2) is 71.8 Å². The molecule has 1 aromatic heterocycles. The summed E-state index contributed by atoms with van der Waals surface area (Å²) in [6, 6.07) is 15.7. The van der Waals surface area contributed by atoms with E-state index in [1.54, 1.807) is 25.4 Å². The van der Waals surface area contributed by atoms with Crippen LogP contribution in [0, 0.1) is 0 Å². The van der Waals surface area contributed by atoms with Crippen molar-refractivity contribution in [1.82, 2.24) is 14.9 Å². The summed E-state index contributed by atoms with van der Waals surface area (Å²) in [4.78, 5) is 13.4. The van der Waals surface area contributed by atoms with Crippen LogP contribution in [0.1, 0.15) is 0 Å². The Morgan fingerprint density at radius 3 is 2.56 bits per heavy atom. The van der Waals surface area contributed by atoms with E-state index < -0.39 is 18.1 Å². The molecule has 0 bridgehead atoms. The van der Waals surface area contributed by atoms with Gasteiger partial charge in [-0.1, -0.05) is 18.2 Å². The molecular formula is C26H26F3N5O4S. The van der Waals surface area contributed by atoms with Crippen LogP contribution in [0.5, 0.6) is 5.75 Å². The van der Waals surface area contributed by atoms with Crippen molar-refractivity contribution in [2.75, 3.05) is 44.1 Å². The van der Waals surface area contributed by atoms with Crippen LogP contribution >= 0.6 is 11.9 Å². The van der Waals surface area contributed by atoms with Gasteiger partial charge in [0.1, 0.15) is 5.75 Å².